The number of aryl methyl sites for hydroxylation is 1. The van der Waals surface area contributed by atoms with Crippen LogP contribution in [0.5, 0.6) is 11.5 Å². The highest BCUT2D eigenvalue weighted by Crippen LogP contribution is 2.33. The largest absolute Gasteiger partial charge is 0.454 e. The molecule has 124 valence electrons. The number of benzene rings is 2. The molecule has 0 spiro atoms. The van der Waals surface area contributed by atoms with Crippen molar-refractivity contribution in [3.05, 3.63) is 53.6 Å². The van der Waals surface area contributed by atoms with E-state index in [0.717, 1.165) is 48.2 Å². The van der Waals surface area contributed by atoms with Crippen LogP contribution in [-0.4, -0.2) is 42.9 Å². The Labute approximate surface area is 147 Å². The molecule has 1 saturated heterocycles. The molecule has 0 aromatic heterocycles. The van der Waals surface area contributed by atoms with Gasteiger partial charge in [0.2, 0.25) is 6.79 Å². The monoisotopic (exact) mass is 340 g/mol. The van der Waals surface area contributed by atoms with Gasteiger partial charge in [0.15, 0.2) is 11.5 Å². The van der Waals surface area contributed by atoms with E-state index in [2.05, 4.69) is 41.0 Å². The van der Waals surface area contributed by atoms with Crippen LogP contribution in [0, 0.1) is 6.92 Å². The molecule has 0 amide bonds. The van der Waals surface area contributed by atoms with E-state index in [4.69, 9.17) is 21.7 Å². The van der Waals surface area contributed by atoms with Gasteiger partial charge in [-0.1, -0.05) is 30.4 Å². The van der Waals surface area contributed by atoms with Gasteiger partial charge in [-0.15, -0.1) is 0 Å². The normalized spacial score (nSPS) is 16.4. The van der Waals surface area contributed by atoms with Gasteiger partial charge in [0.05, 0.1) is 0 Å². The van der Waals surface area contributed by atoms with Crippen molar-refractivity contribution in [1.29, 1.82) is 0 Å². The number of para-hydroxylation sites is 1. The van der Waals surface area contributed by atoms with Crippen LogP contribution in [0.15, 0.2) is 42.5 Å². The van der Waals surface area contributed by atoms with Gasteiger partial charge in [-0.2, -0.15) is 0 Å². The van der Waals surface area contributed by atoms with Crippen molar-refractivity contribution < 1.29 is 9.47 Å². The maximum atomic E-state index is 5.70. The van der Waals surface area contributed by atoms with Crippen molar-refractivity contribution in [2.24, 2.45) is 0 Å². The molecule has 0 atom stereocenters. The Hall–Kier alpha value is -2.27. The van der Waals surface area contributed by atoms with Crippen LogP contribution in [0.2, 0.25) is 0 Å². The third-order valence-corrected chi connectivity index (χ3v) is 5.14. The topological polar surface area (TPSA) is 24.9 Å². The van der Waals surface area contributed by atoms with Crippen LogP contribution in [0.3, 0.4) is 0 Å². The molecule has 0 bridgehead atoms. The van der Waals surface area contributed by atoms with E-state index in [0.29, 0.717) is 6.79 Å². The summed E-state index contributed by atoms with van der Waals surface area (Å²) in [6, 6.07) is 14.5. The zero-order valence-corrected chi connectivity index (χ0v) is 14.5. The second kappa shape index (κ2) is 6.32. The van der Waals surface area contributed by atoms with Gasteiger partial charge in [-0.05, 0) is 36.8 Å². The highest BCUT2D eigenvalue weighted by Gasteiger charge is 2.22. The summed E-state index contributed by atoms with van der Waals surface area (Å²) in [6.07, 6.45) is 0. The Morgan fingerprint density at radius 1 is 0.958 bits per heavy atom. The summed E-state index contributed by atoms with van der Waals surface area (Å²) < 4.78 is 10.8. The van der Waals surface area contributed by atoms with Gasteiger partial charge in [0, 0.05) is 37.4 Å². The van der Waals surface area contributed by atoms with Gasteiger partial charge in [0.1, 0.15) is 4.99 Å². The van der Waals surface area contributed by atoms with Crippen molar-refractivity contribution >= 4 is 22.9 Å². The first-order valence-electron chi connectivity index (χ1n) is 8.22. The number of rotatable bonds is 2. The number of thiocarbonyl (C=S) groups is 1. The van der Waals surface area contributed by atoms with Crippen molar-refractivity contribution in [1.82, 2.24) is 4.90 Å². The molecule has 0 saturated carbocycles. The van der Waals surface area contributed by atoms with Crippen LogP contribution in [0.1, 0.15) is 11.1 Å². The molecule has 0 aliphatic carbocycles. The minimum atomic E-state index is 0.292. The molecular weight excluding hydrogens is 320 g/mol. The predicted octanol–water partition coefficient (Wildman–Crippen LogP) is 3.22. The fraction of sp³-hybridized carbons (Fsp3) is 0.316. The van der Waals surface area contributed by atoms with E-state index in [9.17, 15) is 0 Å². The van der Waals surface area contributed by atoms with Crippen LogP contribution in [-0.2, 0) is 0 Å². The Morgan fingerprint density at radius 3 is 2.50 bits per heavy atom. The first kappa shape index (κ1) is 15.3. The Kier molecular flexibility index (Phi) is 4.02. The first-order valence-corrected chi connectivity index (χ1v) is 8.63. The van der Waals surface area contributed by atoms with Crippen LogP contribution >= 0.6 is 12.2 Å². The molecule has 4 rings (SSSR count). The van der Waals surface area contributed by atoms with Crippen molar-refractivity contribution in [2.75, 3.05) is 37.9 Å². The van der Waals surface area contributed by atoms with Gasteiger partial charge < -0.3 is 19.3 Å². The Bertz CT molecular complexity index is 770. The number of hydrogen-bond acceptors (Lipinski definition) is 4. The SMILES string of the molecule is Cc1ccccc1N1CCN(C(=S)c2ccc3c(c2)OCO3)CC1. The van der Waals surface area contributed by atoms with Crippen molar-refractivity contribution in [2.45, 2.75) is 6.92 Å². The predicted molar refractivity (Wildman–Crippen MR) is 99.2 cm³/mol. The fourth-order valence-electron chi connectivity index (χ4n) is 3.28. The number of nitrogens with zero attached hydrogens (tertiary/aromatic N) is 2. The van der Waals surface area contributed by atoms with Gasteiger partial charge in [0.25, 0.3) is 0 Å². The van der Waals surface area contributed by atoms with E-state index in [1.54, 1.807) is 0 Å². The van der Waals surface area contributed by atoms with Gasteiger partial charge in [-0.3, -0.25) is 0 Å². The van der Waals surface area contributed by atoms with Crippen LogP contribution in [0.25, 0.3) is 0 Å². The minimum Gasteiger partial charge on any atom is -0.454 e. The van der Waals surface area contributed by atoms with Crippen molar-refractivity contribution in [3.63, 3.8) is 0 Å². The highest BCUT2D eigenvalue weighted by atomic mass is 32.1. The molecule has 2 heterocycles. The number of ether oxygens (including phenoxy) is 2. The minimum absolute atomic E-state index is 0.292. The summed E-state index contributed by atoms with van der Waals surface area (Å²) in [5.41, 5.74) is 3.68. The summed E-state index contributed by atoms with van der Waals surface area (Å²) in [6.45, 7) is 6.29. The molecule has 0 N–H and O–H groups in total. The fourth-order valence-corrected chi connectivity index (χ4v) is 3.59. The van der Waals surface area contributed by atoms with E-state index in [-0.39, 0.29) is 0 Å². The van der Waals surface area contributed by atoms with Gasteiger partial charge >= 0.3 is 0 Å². The lowest BCUT2D eigenvalue weighted by Gasteiger charge is -2.38. The first-order chi connectivity index (χ1) is 11.7. The molecule has 0 radical (unpaired) electrons. The smallest absolute Gasteiger partial charge is 0.231 e. The number of piperazine rings is 1. The summed E-state index contributed by atoms with van der Waals surface area (Å²) in [4.78, 5) is 5.60. The quantitative estimate of drug-likeness (QED) is 0.782. The second-order valence-electron chi connectivity index (χ2n) is 6.13. The summed E-state index contributed by atoms with van der Waals surface area (Å²) in [5.74, 6) is 1.58. The number of hydrogen-bond donors (Lipinski definition) is 0. The van der Waals surface area contributed by atoms with E-state index in [1.165, 1.54) is 11.3 Å². The second-order valence-corrected chi connectivity index (χ2v) is 6.52. The average molecular weight is 340 g/mol. The molecule has 2 aromatic rings. The summed E-state index contributed by atoms with van der Waals surface area (Å²) >= 11 is 5.70. The molecule has 2 aliphatic heterocycles. The molecule has 2 aromatic carbocycles. The molecule has 2 aliphatic rings. The average Bonchev–Trinajstić information content (AvgIpc) is 3.09. The molecule has 1 fully saturated rings. The lowest BCUT2D eigenvalue weighted by molar-refractivity contribution is 0.174. The van der Waals surface area contributed by atoms with Crippen LogP contribution < -0.4 is 14.4 Å². The summed E-state index contributed by atoms with van der Waals surface area (Å²) in [7, 11) is 0. The van der Waals surface area contributed by atoms with E-state index >= 15 is 0 Å². The lowest BCUT2D eigenvalue weighted by Crippen LogP contribution is -2.48. The van der Waals surface area contributed by atoms with Crippen molar-refractivity contribution in [3.8, 4) is 11.5 Å². The molecule has 24 heavy (non-hydrogen) atoms. The summed E-state index contributed by atoms with van der Waals surface area (Å²) in [5, 5.41) is 0. The maximum Gasteiger partial charge on any atom is 0.231 e. The Morgan fingerprint density at radius 2 is 1.71 bits per heavy atom. The third-order valence-electron chi connectivity index (χ3n) is 4.64. The third kappa shape index (κ3) is 2.80. The standard InChI is InChI=1S/C19H20N2O2S/c1-14-4-2-3-5-16(14)20-8-10-21(11-9-20)19(24)15-6-7-17-18(12-15)23-13-22-17/h2-7,12H,8-11,13H2,1H3. The highest BCUT2D eigenvalue weighted by molar-refractivity contribution is 7.80. The van der Waals surface area contributed by atoms with Gasteiger partial charge in [-0.25, -0.2) is 0 Å². The molecular formula is C19H20N2O2S. The Balaban J connectivity index is 1.44. The lowest BCUT2D eigenvalue weighted by atomic mass is 10.1. The zero-order chi connectivity index (χ0) is 16.5. The zero-order valence-electron chi connectivity index (χ0n) is 13.7. The van der Waals surface area contributed by atoms with E-state index in [1.807, 2.05) is 18.2 Å². The van der Waals surface area contributed by atoms with E-state index < -0.39 is 0 Å². The molecule has 0 unspecified atom stereocenters. The molecule has 5 heteroatoms. The number of anilines is 1. The van der Waals surface area contributed by atoms with Crippen LogP contribution in [0.4, 0.5) is 5.69 Å². The molecule has 4 nitrogen and oxygen atoms in total. The maximum absolute atomic E-state index is 5.70. The number of fused-ring (bicyclic) bond motifs is 1.